The van der Waals surface area contributed by atoms with Gasteiger partial charge in [-0.1, -0.05) is 29.3 Å². The van der Waals surface area contributed by atoms with Crippen LogP contribution >= 0.6 is 23.2 Å². The van der Waals surface area contributed by atoms with Crippen molar-refractivity contribution in [1.82, 2.24) is 9.80 Å². The Morgan fingerprint density at radius 2 is 2.00 bits per heavy atom. The van der Waals surface area contributed by atoms with Crippen LogP contribution in [0.15, 0.2) is 24.3 Å². The van der Waals surface area contributed by atoms with E-state index in [-0.39, 0.29) is 43.6 Å². The highest BCUT2D eigenvalue weighted by Crippen LogP contribution is 2.23. The van der Waals surface area contributed by atoms with Crippen LogP contribution in [0.5, 0.6) is 0 Å². The summed E-state index contributed by atoms with van der Waals surface area (Å²) in [6.45, 7) is 2.32. The average molecular weight is 493 g/mol. The van der Waals surface area contributed by atoms with Gasteiger partial charge in [-0.2, -0.15) is 8.42 Å². The molecule has 1 aliphatic heterocycles. The van der Waals surface area contributed by atoms with Crippen molar-refractivity contribution in [3.05, 3.63) is 39.9 Å². The second-order valence-electron chi connectivity index (χ2n) is 7.04. The lowest BCUT2D eigenvalue weighted by Gasteiger charge is -2.22. The molecule has 2 rings (SSSR count). The Labute approximate surface area is 192 Å². The first-order valence-electron chi connectivity index (χ1n) is 9.86. The standard InChI is InChI=1S/C20H26Cl2N2O6S/c1-2-31(28,29)30-14-16(25)7-9-23-11-12-24(10-8-20(23)27)19(26)6-4-15-3-5-17(21)18(22)13-15/h3-6,13,16,25H,2,7-12,14H2,1H3/b6-4+/t16-/m0/s1. The van der Waals surface area contributed by atoms with Crippen LogP contribution < -0.4 is 0 Å². The molecule has 2 amide bonds. The molecule has 0 saturated carbocycles. The van der Waals surface area contributed by atoms with Gasteiger partial charge in [0.25, 0.3) is 10.1 Å². The Morgan fingerprint density at radius 1 is 1.26 bits per heavy atom. The zero-order chi connectivity index (χ0) is 23.0. The Morgan fingerprint density at radius 3 is 2.68 bits per heavy atom. The number of amides is 2. The molecule has 1 saturated heterocycles. The molecule has 1 aromatic rings. The Kier molecular flexibility index (Phi) is 9.77. The fourth-order valence-corrected chi connectivity index (χ4v) is 3.70. The van der Waals surface area contributed by atoms with Crippen molar-refractivity contribution in [2.24, 2.45) is 0 Å². The van der Waals surface area contributed by atoms with E-state index in [4.69, 9.17) is 27.4 Å². The third-order valence-corrected chi connectivity index (χ3v) is 6.73. The minimum absolute atomic E-state index is 0.127. The predicted molar refractivity (Wildman–Crippen MR) is 119 cm³/mol. The lowest BCUT2D eigenvalue weighted by Crippen LogP contribution is -2.37. The van der Waals surface area contributed by atoms with Gasteiger partial charge in [-0.3, -0.25) is 13.8 Å². The summed E-state index contributed by atoms with van der Waals surface area (Å²) in [5.41, 5.74) is 0.733. The van der Waals surface area contributed by atoms with Crippen molar-refractivity contribution in [2.45, 2.75) is 25.9 Å². The molecule has 31 heavy (non-hydrogen) atoms. The number of nitrogens with zero attached hydrogens (tertiary/aromatic N) is 2. The molecule has 11 heteroatoms. The molecule has 0 aromatic heterocycles. The molecule has 1 aliphatic rings. The quantitative estimate of drug-likeness (QED) is 0.418. The summed E-state index contributed by atoms with van der Waals surface area (Å²) in [7, 11) is -3.63. The van der Waals surface area contributed by atoms with Crippen LogP contribution in [0.3, 0.4) is 0 Å². The van der Waals surface area contributed by atoms with Gasteiger partial charge in [0.05, 0.1) is 28.5 Å². The van der Waals surface area contributed by atoms with E-state index in [1.54, 1.807) is 34.1 Å². The molecule has 1 N–H and O–H groups in total. The van der Waals surface area contributed by atoms with E-state index in [0.29, 0.717) is 29.7 Å². The summed E-state index contributed by atoms with van der Waals surface area (Å²) >= 11 is 11.9. The Balaban J connectivity index is 1.85. The lowest BCUT2D eigenvalue weighted by atomic mass is 10.2. The fourth-order valence-electron chi connectivity index (χ4n) is 2.87. The monoisotopic (exact) mass is 492 g/mol. The van der Waals surface area contributed by atoms with Crippen LogP contribution in [-0.2, 0) is 23.9 Å². The van der Waals surface area contributed by atoms with Crippen molar-refractivity contribution >= 4 is 51.2 Å². The molecule has 0 unspecified atom stereocenters. The van der Waals surface area contributed by atoms with Gasteiger partial charge < -0.3 is 14.9 Å². The van der Waals surface area contributed by atoms with E-state index < -0.39 is 16.2 Å². The number of halogens is 2. The normalized spacial score (nSPS) is 16.6. The highest BCUT2D eigenvalue weighted by molar-refractivity contribution is 7.86. The minimum Gasteiger partial charge on any atom is -0.391 e. The van der Waals surface area contributed by atoms with Gasteiger partial charge in [0, 0.05) is 38.7 Å². The highest BCUT2D eigenvalue weighted by Gasteiger charge is 2.23. The summed E-state index contributed by atoms with van der Waals surface area (Å²) < 4.78 is 27.4. The van der Waals surface area contributed by atoms with Crippen LogP contribution in [-0.4, -0.2) is 79.8 Å². The van der Waals surface area contributed by atoms with Gasteiger partial charge in [0.2, 0.25) is 11.8 Å². The smallest absolute Gasteiger partial charge is 0.267 e. The van der Waals surface area contributed by atoms with Gasteiger partial charge in [-0.25, -0.2) is 0 Å². The molecule has 1 atom stereocenters. The molecular formula is C20H26Cl2N2O6S. The molecule has 8 nitrogen and oxygen atoms in total. The van der Waals surface area contributed by atoms with Crippen molar-refractivity contribution in [3.8, 4) is 0 Å². The molecule has 1 aromatic carbocycles. The second kappa shape index (κ2) is 11.8. The summed E-state index contributed by atoms with van der Waals surface area (Å²) in [5, 5.41) is 10.8. The first-order valence-corrected chi connectivity index (χ1v) is 12.2. The number of hydrogen-bond donors (Lipinski definition) is 1. The highest BCUT2D eigenvalue weighted by atomic mass is 35.5. The number of carbonyl (C=O) groups excluding carboxylic acids is 2. The summed E-state index contributed by atoms with van der Waals surface area (Å²) in [4.78, 5) is 28.0. The van der Waals surface area contributed by atoms with E-state index in [0.717, 1.165) is 5.56 Å². The van der Waals surface area contributed by atoms with Crippen LogP contribution in [0.2, 0.25) is 10.0 Å². The lowest BCUT2D eigenvalue weighted by molar-refractivity contribution is -0.130. The van der Waals surface area contributed by atoms with Gasteiger partial charge >= 0.3 is 0 Å². The number of aliphatic hydroxyl groups excluding tert-OH is 1. The van der Waals surface area contributed by atoms with Crippen molar-refractivity contribution in [3.63, 3.8) is 0 Å². The largest absolute Gasteiger partial charge is 0.391 e. The maximum atomic E-state index is 12.5. The first kappa shape index (κ1) is 25.6. The van der Waals surface area contributed by atoms with Gasteiger partial charge in [-0.05, 0) is 37.1 Å². The van der Waals surface area contributed by atoms with E-state index in [9.17, 15) is 23.1 Å². The third-order valence-electron chi connectivity index (χ3n) is 4.79. The number of hydrogen-bond acceptors (Lipinski definition) is 6. The summed E-state index contributed by atoms with van der Waals surface area (Å²) in [5.74, 6) is -0.523. The Hall–Kier alpha value is -1.65. The van der Waals surface area contributed by atoms with Crippen LogP contribution in [0, 0.1) is 0 Å². The number of rotatable bonds is 9. The van der Waals surface area contributed by atoms with E-state index in [1.807, 2.05) is 0 Å². The maximum absolute atomic E-state index is 12.5. The summed E-state index contributed by atoms with van der Waals surface area (Å²) in [6, 6.07) is 5.04. The minimum atomic E-state index is -3.63. The fraction of sp³-hybridized carbons (Fsp3) is 0.500. The van der Waals surface area contributed by atoms with Crippen molar-refractivity contribution in [1.29, 1.82) is 0 Å². The van der Waals surface area contributed by atoms with Crippen LogP contribution in [0.1, 0.15) is 25.3 Å². The molecule has 1 fully saturated rings. The number of benzene rings is 1. The van der Waals surface area contributed by atoms with Gasteiger partial charge in [0.15, 0.2) is 0 Å². The predicted octanol–water partition coefficient (Wildman–Crippen LogP) is 2.18. The van der Waals surface area contributed by atoms with E-state index >= 15 is 0 Å². The van der Waals surface area contributed by atoms with Crippen molar-refractivity contribution < 1.29 is 27.3 Å². The Bertz CT molecular complexity index is 922. The molecule has 0 spiro atoms. The molecule has 0 radical (unpaired) electrons. The SMILES string of the molecule is CCS(=O)(=O)OC[C@@H](O)CCN1CCN(C(=O)/C=C/c2ccc(Cl)c(Cl)c2)CCC1=O. The molecular weight excluding hydrogens is 467 g/mol. The number of carbonyl (C=O) groups is 2. The topological polar surface area (TPSA) is 104 Å². The van der Waals surface area contributed by atoms with E-state index in [1.165, 1.54) is 13.0 Å². The van der Waals surface area contributed by atoms with Crippen LogP contribution in [0.4, 0.5) is 0 Å². The number of aliphatic hydroxyl groups is 1. The zero-order valence-corrected chi connectivity index (χ0v) is 19.5. The third kappa shape index (κ3) is 8.42. The molecule has 0 bridgehead atoms. The first-order chi connectivity index (χ1) is 14.6. The van der Waals surface area contributed by atoms with E-state index in [2.05, 4.69) is 0 Å². The second-order valence-corrected chi connectivity index (χ2v) is 9.78. The van der Waals surface area contributed by atoms with Crippen molar-refractivity contribution in [2.75, 3.05) is 38.5 Å². The zero-order valence-electron chi connectivity index (χ0n) is 17.2. The average Bonchev–Trinajstić information content (AvgIpc) is 2.93. The maximum Gasteiger partial charge on any atom is 0.267 e. The van der Waals surface area contributed by atoms with Gasteiger partial charge in [-0.15, -0.1) is 0 Å². The molecule has 0 aliphatic carbocycles. The molecule has 1 heterocycles. The molecule has 172 valence electrons. The van der Waals surface area contributed by atoms with Gasteiger partial charge in [0.1, 0.15) is 0 Å². The van der Waals surface area contributed by atoms with Crippen LogP contribution in [0.25, 0.3) is 6.08 Å². The summed E-state index contributed by atoms with van der Waals surface area (Å²) in [6.07, 6.45) is 2.40.